The number of anilines is 5. The molecule has 4 heterocycles. The number of guanidine groups is 1. The zero-order chi connectivity index (χ0) is 27.3. The van der Waals surface area contributed by atoms with E-state index in [1.165, 1.54) is 11.1 Å². The minimum Gasteiger partial charge on any atom is -0.370 e. The lowest BCUT2D eigenvalue weighted by atomic mass is 10.0. The zero-order valence-corrected chi connectivity index (χ0v) is 23.8. The first-order chi connectivity index (χ1) is 18.8. The highest BCUT2D eigenvalue weighted by Crippen LogP contribution is 2.40. The van der Waals surface area contributed by atoms with Gasteiger partial charge in [0.25, 0.3) is 5.91 Å². The van der Waals surface area contributed by atoms with Crippen molar-refractivity contribution in [1.82, 2.24) is 14.9 Å². The molecule has 0 aliphatic carbocycles. The number of hydrogen-bond donors (Lipinski definition) is 1. The molecule has 0 saturated carbocycles. The first kappa shape index (κ1) is 26.1. The Morgan fingerprint density at radius 1 is 1.00 bits per heavy atom. The van der Waals surface area contributed by atoms with Crippen molar-refractivity contribution in [3.05, 3.63) is 63.2 Å². The molecule has 1 amide bonds. The van der Waals surface area contributed by atoms with E-state index in [2.05, 4.69) is 39.2 Å². The molecule has 39 heavy (non-hydrogen) atoms. The number of carbonyl (C=O) groups excluding carboxylic acids is 1. The molecule has 3 aromatic rings. The molecule has 1 saturated heterocycles. The third kappa shape index (κ3) is 4.78. The number of nitrogens with one attached hydrogen (secondary N) is 1. The molecule has 2 aromatic carbocycles. The molecule has 3 aliphatic heterocycles. The average molecular weight is 586 g/mol. The van der Waals surface area contributed by atoms with E-state index < -0.39 is 0 Å². The second-order valence-electron chi connectivity index (χ2n) is 9.95. The number of benzene rings is 2. The van der Waals surface area contributed by atoms with Crippen molar-refractivity contribution in [1.29, 1.82) is 0 Å². The number of halogens is 3. The van der Waals surface area contributed by atoms with Crippen LogP contribution in [0.4, 0.5) is 28.8 Å². The number of para-hydroxylation sites is 1. The second kappa shape index (κ2) is 10.5. The maximum absolute atomic E-state index is 13.6. The van der Waals surface area contributed by atoms with Crippen molar-refractivity contribution >= 4 is 75.5 Å². The molecule has 6 rings (SSSR count). The van der Waals surface area contributed by atoms with Crippen LogP contribution >= 0.6 is 34.8 Å². The van der Waals surface area contributed by atoms with Gasteiger partial charge in [-0.15, -0.1) is 0 Å². The number of carbonyl (C=O) groups is 1. The van der Waals surface area contributed by atoms with Crippen LogP contribution in [-0.4, -0.2) is 73.1 Å². The Hall–Kier alpha value is -3.11. The van der Waals surface area contributed by atoms with E-state index in [9.17, 15) is 4.79 Å². The molecular formula is C27H27Cl3N8O. The molecule has 202 valence electrons. The maximum atomic E-state index is 13.6. The fourth-order valence-electron chi connectivity index (χ4n) is 5.33. The lowest BCUT2D eigenvalue weighted by molar-refractivity contribution is 0.1000. The Morgan fingerprint density at radius 3 is 2.44 bits per heavy atom. The molecule has 1 fully saturated rings. The van der Waals surface area contributed by atoms with E-state index in [0.29, 0.717) is 63.2 Å². The number of fused-ring (bicyclic) bond motifs is 3. The molecular weight excluding hydrogens is 559 g/mol. The number of nitrogens with zero attached hydrogens (tertiary/aromatic N) is 7. The summed E-state index contributed by atoms with van der Waals surface area (Å²) in [5.41, 5.74) is 2.51. The van der Waals surface area contributed by atoms with E-state index in [4.69, 9.17) is 39.8 Å². The first-order valence-electron chi connectivity index (χ1n) is 12.8. The second-order valence-corrected chi connectivity index (χ2v) is 11.2. The van der Waals surface area contributed by atoms with Gasteiger partial charge in [-0.2, -0.15) is 4.98 Å². The Bertz CT molecular complexity index is 1450. The van der Waals surface area contributed by atoms with Crippen LogP contribution in [0, 0.1) is 0 Å². The van der Waals surface area contributed by atoms with E-state index in [1.54, 1.807) is 18.2 Å². The lowest BCUT2D eigenvalue weighted by Gasteiger charge is -2.37. The lowest BCUT2D eigenvalue weighted by Crippen LogP contribution is -2.51. The highest BCUT2D eigenvalue weighted by Gasteiger charge is 2.41. The van der Waals surface area contributed by atoms with Crippen LogP contribution in [0.25, 0.3) is 0 Å². The SMILES string of the molecule is CN(C)C1CCN(c2ccc(Nc3ncc4c(n3)N3CCN=C3N(c3c(Cl)cccc3Cl)C4=O)cc2Cl)CC1. The summed E-state index contributed by atoms with van der Waals surface area (Å²) in [7, 11) is 4.27. The minimum absolute atomic E-state index is 0.339. The molecule has 0 radical (unpaired) electrons. The van der Waals surface area contributed by atoms with Gasteiger partial charge in [-0.25, -0.2) is 9.88 Å². The van der Waals surface area contributed by atoms with Gasteiger partial charge in [-0.1, -0.05) is 40.9 Å². The highest BCUT2D eigenvalue weighted by atomic mass is 35.5. The highest BCUT2D eigenvalue weighted by molar-refractivity contribution is 6.43. The summed E-state index contributed by atoms with van der Waals surface area (Å²) < 4.78 is 0. The molecule has 0 unspecified atom stereocenters. The summed E-state index contributed by atoms with van der Waals surface area (Å²) in [6, 6.07) is 11.6. The quantitative estimate of drug-likeness (QED) is 0.421. The summed E-state index contributed by atoms with van der Waals surface area (Å²) in [5, 5.41) is 4.62. The third-order valence-electron chi connectivity index (χ3n) is 7.38. The standard InChI is InChI=1S/C27H27Cl3N8O/c1-35(2)17-8-11-36(12-9-17)22-7-6-16(14-21(22)30)33-26-32-15-18-24(34-26)37-13-10-31-27(37)38(25(18)39)23-19(28)4-3-5-20(23)29/h3-7,14-15,17H,8-13H2,1-2H3,(H,32,33,34). The van der Waals surface area contributed by atoms with Crippen LogP contribution in [0.15, 0.2) is 47.6 Å². The predicted molar refractivity (Wildman–Crippen MR) is 159 cm³/mol. The van der Waals surface area contributed by atoms with Gasteiger partial charge in [0.1, 0.15) is 5.56 Å². The van der Waals surface area contributed by atoms with Crippen LogP contribution in [0.3, 0.4) is 0 Å². The van der Waals surface area contributed by atoms with E-state index in [-0.39, 0.29) is 5.91 Å². The number of piperidine rings is 1. The number of amides is 1. The fraction of sp³-hybridized carbons (Fsp3) is 0.333. The Morgan fingerprint density at radius 2 is 1.74 bits per heavy atom. The van der Waals surface area contributed by atoms with Crippen LogP contribution in [0.2, 0.25) is 15.1 Å². The van der Waals surface area contributed by atoms with Crippen LogP contribution in [0.5, 0.6) is 0 Å². The molecule has 0 bridgehead atoms. The smallest absolute Gasteiger partial charge is 0.270 e. The molecule has 12 heteroatoms. The van der Waals surface area contributed by atoms with Gasteiger partial charge in [-0.3, -0.25) is 14.7 Å². The number of aromatic nitrogens is 2. The van der Waals surface area contributed by atoms with Gasteiger partial charge in [0.15, 0.2) is 5.82 Å². The molecule has 1 N–H and O–H groups in total. The summed E-state index contributed by atoms with van der Waals surface area (Å²) in [6.07, 6.45) is 3.73. The molecule has 3 aliphatic rings. The van der Waals surface area contributed by atoms with Gasteiger partial charge in [-0.05, 0) is 57.3 Å². The molecule has 0 spiro atoms. The average Bonchev–Trinajstić information content (AvgIpc) is 3.40. The fourth-order valence-corrected chi connectivity index (χ4v) is 6.19. The summed E-state index contributed by atoms with van der Waals surface area (Å²) in [5.74, 6) is 0.943. The monoisotopic (exact) mass is 584 g/mol. The van der Waals surface area contributed by atoms with Crippen molar-refractivity contribution in [2.75, 3.05) is 60.3 Å². The van der Waals surface area contributed by atoms with Gasteiger partial charge in [0.05, 0.1) is 33.0 Å². The van der Waals surface area contributed by atoms with Crippen molar-refractivity contribution < 1.29 is 4.79 Å². The van der Waals surface area contributed by atoms with Crippen LogP contribution < -0.4 is 20.0 Å². The number of hydrogen-bond acceptors (Lipinski definition) is 8. The van der Waals surface area contributed by atoms with Gasteiger partial charge >= 0.3 is 0 Å². The van der Waals surface area contributed by atoms with Crippen molar-refractivity contribution in [2.45, 2.75) is 18.9 Å². The van der Waals surface area contributed by atoms with Gasteiger partial charge < -0.3 is 15.1 Å². The molecule has 1 aromatic heterocycles. The minimum atomic E-state index is -0.339. The van der Waals surface area contributed by atoms with Crippen LogP contribution in [-0.2, 0) is 0 Å². The first-order valence-corrected chi connectivity index (χ1v) is 13.9. The van der Waals surface area contributed by atoms with Gasteiger partial charge in [0, 0.05) is 37.6 Å². The van der Waals surface area contributed by atoms with Crippen molar-refractivity contribution in [2.24, 2.45) is 4.99 Å². The summed E-state index contributed by atoms with van der Waals surface area (Å²) in [4.78, 5) is 35.2. The molecule has 9 nitrogen and oxygen atoms in total. The summed E-state index contributed by atoms with van der Waals surface area (Å²) >= 11 is 19.6. The van der Waals surface area contributed by atoms with E-state index in [1.807, 2.05) is 23.1 Å². The maximum Gasteiger partial charge on any atom is 0.270 e. The summed E-state index contributed by atoms with van der Waals surface area (Å²) in [6.45, 7) is 3.01. The normalized spacial score (nSPS) is 17.4. The van der Waals surface area contributed by atoms with Crippen molar-refractivity contribution in [3.63, 3.8) is 0 Å². The predicted octanol–water partition coefficient (Wildman–Crippen LogP) is 5.55. The largest absolute Gasteiger partial charge is 0.370 e. The van der Waals surface area contributed by atoms with Crippen LogP contribution in [0.1, 0.15) is 23.2 Å². The Kier molecular flexibility index (Phi) is 7.01. The zero-order valence-electron chi connectivity index (χ0n) is 21.5. The number of aliphatic imine (C=N–C) groups is 1. The topological polar surface area (TPSA) is 80.2 Å². The Balaban J connectivity index is 1.25. The van der Waals surface area contributed by atoms with Crippen molar-refractivity contribution in [3.8, 4) is 0 Å². The third-order valence-corrected chi connectivity index (χ3v) is 8.29. The Labute approximate surface area is 242 Å². The number of rotatable bonds is 5. The van der Waals surface area contributed by atoms with Gasteiger partial charge in [0.2, 0.25) is 11.9 Å². The molecule has 0 atom stereocenters. The van der Waals surface area contributed by atoms with E-state index in [0.717, 1.165) is 37.3 Å². The van der Waals surface area contributed by atoms with E-state index >= 15 is 0 Å².